The fraction of sp³-hybridized carbons (Fsp3) is 0.889. The number of hydrogen-bond donors (Lipinski definition) is 1. The smallest absolute Gasteiger partial charge is 0.244 e. The Balaban J connectivity index is 1.39. The van der Waals surface area contributed by atoms with E-state index >= 15 is 0 Å². The number of likely N-dealkylation sites (tertiary alicyclic amines) is 2. The second-order valence-corrected chi connectivity index (χ2v) is 7.63. The number of carbonyl (C=O) groups is 2. The van der Waals surface area contributed by atoms with Gasteiger partial charge in [0.05, 0.1) is 0 Å². The molecule has 0 bridgehead atoms. The lowest BCUT2D eigenvalue weighted by atomic mass is 9.84. The summed E-state index contributed by atoms with van der Waals surface area (Å²) in [6.07, 6.45) is 8.00. The number of amides is 2. The number of piperidine rings is 1. The van der Waals surface area contributed by atoms with Gasteiger partial charge in [-0.15, -0.1) is 0 Å². The topological polar surface area (TPSA) is 52.7 Å². The van der Waals surface area contributed by atoms with Crippen molar-refractivity contribution in [3.63, 3.8) is 0 Å². The van der Waals surface area contributed by atoms with Crippen molar-refractivity contribution in [3.8, 4) is 0 Å². The minimum atomic E-state index is -0.377. The summed E-state index contributed by atoms with van der Waals surface area (Å²) in [5.41, 5.74) is 0. The summed E-state index contributed by atoms with van der Waals surface area (Å²) in [6, 6.07) is -0.377. The quantitative estimate of drug-likeness (QED) is 0.837. The first-order valence-electron chi connectivity index (χ1n) is 9.45. The van der Waals surface area contributed by atoms with Crippen LogP contribution in [0.25, 0.3) is 0 Å². The van der Waals surface area contributed by atoms with Gasteiger partial charge in [-0.05, 0) is 64.5 Å². The van der Waals surface area contributed by atoms with Gasteiger partial charge >= 0.3 is 0 Å². The molecule has 130 valence electrons. The molecule has 1 unspecified atom stereocenters. The lowest BCUT2D eigenvalue weighted by Crippen LogP contribution is -2.51. The highest BCUT2D eigenvalue weighted by Crippen LogP contribution is 2.26. The van der Waals surface area contributed by atoms with Gasteiger partial charge in [0.1, 0.15) is 6.04 Å². The number of carbonyl (C=O) groups excluding carboxylic acids is 2. The van der Waals surface area contributed by atoms with Crippen molar-refractivity contribution in [2.45, 2.75) is 57.9 Å². The highest BCUT2D eigenvalue weighted by Gasteiger charge is 2.31. The first-order chi connectivity index (χ1) is 11.1. The molecule has 5 heteroatoms. The van der Waals surface area contributed by atoms with Crippen molar-refractivity contribution in [1.29, 1.82) is 0 Å². The molecule has 3 rings (SSSR count). The maximum absolute atomic E-state index is 12.5. The summed E-state index contributed by atoms with van der Waals surface area (Å²) < 4.78 is 0. The van der Waals surface area contributed by atoms with Crippen LogP contribution < -0.4 is 5.32 Å². The van der Waals surface area contributed by atoms with Crippen molar-refractivity contribution < 1.29 is 9.59 Å². The lowest BCUT2D eigenvalue weighted by Gasteiger charge is -2.35. The van der Waals surface area contributed by atoms with Crippen LogP contribution in [0.15, 0.2) is 0 Å². The molecule has 2 aliphatic heterocycles. The van der Waals surface area contributed by atoms with Gasteiger partial charge in [-0.1, -0.05) is 6.42 Å². The van der Waals surface area contributed by atoms with E-state index in [1.54, 1.807) is 0 Å². The van der Waals surface area contributed by atoms with Gasteiger partial charge in [-0.3, -0.25) is 9.59 Å². The van der Waals surface area contributed by atoms with E-state index in [9.17, 15) is 9.59 Å². The molecule has 1 N–H and O–H groups in total. The number of rotatable bonds is 5. The Labute approximate surface area is 139 Å². The molecule has 2 saturated heterocycles. The van der Waals surface area contributed by atoms with Crippen LogP contribution in [-0.2, 0) is 9.59 Å². The zero-order chi connectivity index (χ0) is 16.2. The number of nitrogens with zero attached hydrogens (tertiary/aromatic N) is 2. The SMILES string of the molecule is CC(NC(=O)C1CCC1)C(=O)N1CCC(CN2CCCC2)CC1. The summed E-state index contributed by atoms with van der Waals surface area (Å²) in [7, 11) is 0. The summed E-state index contributed by atoms with van der Waals surface area (Å²) in [5, 5.41) is 2.91. The molecule has 5 nitrogen and oxygen atoms in total. The van der Waals surface area contributed by atoms with Crippen LogP contribution in [0, 0.1) is 11.8 Å². The predicted octanol–water partition coefficient (Wildman–Crippen LogP) is 1.63. The van der Waals surface area contributed by atoms with Gasteiger partial charge in [0.25, 0.3) is 0 Å². The Morgan fingerprint density at radius 1 is 1.00 bits per heavy atom. The highest BCUT2D eigenvalue weighted by molar-refractivity contribution is 5.88. The largest absolute Gasteiger partial charge is 0.344 e. The summed E-state index contributed by atoms with van der Waals surface area (Å²) in [6.45, 7) is 7.24. The zero-order valence-corrected chi connectivity index (χ0v) is 14.4. The third kappa shape index (κ3) is 4.25. The van der Waals surface area contributed by atoms with Crippen molar-refractivity contribution in [2.24, 2.45) is 11.8 Å². The molecular weight excluding hydrogens is 290 g/mol. The highest BCUT2D eigenvalue weighted by atomic mass is 16.2. The molecule has 3 aliphatic rings. The van der Waals surface area contributed by atoms with Gasteiger partial charge in [0, 0.05) is 25.6 Å². The Hall–Kier alpha value is -1.10. The summed E-state index contributed by atoms with van der Waals surface area (Å²) >= 11 is 0. The van der Waals surface area contributed by atoms with Gasteiger partial charge in [-0.25, -0.2) is 0 Å². The molecular formula is C18H31N3O2. The zero-order valence-electron chi connectivity index (χ0n) is 14.4. The van der Waals surface area contributed by atoms with E-state index in [4.69, 9.17) is 0 Å². The van der Waals surface area contributed by atoms with Crippen LogP contribution >= 0.6 is 0 Å². The molecule has 0 aromatic rings. The molecule has 1 saturated carbocycles. The first-order valence-corrected chi connectivity index (χ1v) is 9.45. The minimum absolute atomic E-state index is 0.0704. The lowest BCUT2D eigenvalue weighted by molar-refractivity contribution is -0.138. The average molecular weight is 321 g/mol. The fourth-order valence-corrected chi connectivity index (χ4v) is 4.00. The van der Waals surface area contributed by atoms with E-state index in [-0.39, 0.29) is 23.8 Å². The van der Waals surface area contributed by atoms with Crippen LogP contribution in [0.5, 0.6) is 0 Å². The maximum Gasteiger partial charge on any atom is 0.244 e. The van der Waals surface area contributed by atoms with Gasteiger partial charge in [-0.2, -0.15) is 0 Å². The van der Waals surface area contributed by atoms with E-state index in [0.29, 0.717) is 0 Å². The maximum atomic E-state index is 12.5. The van der Waals surface area contributed by atoms with Crippen molar-refractivity contribution in [2.75, 3.05) is 32.7 Å². The van der Waals surface area contributed by atoms with E-state index in [2.05, 4.69) is 10.2 Å². The molecule has 0 radical (unpaired) electrons. The van der Waals surface area contributed by atoms with Crippen molar-refractivity contribution in [1.82, 2.24) is 15.1 Å². The van der Waals surface area contributed by atoms with E-state index < -0.39 is 0 Å². The number of hydrogen-bond acceptors (Lipinski definition) is 3. The predicted molar refractivity (Wildman–Crippen MR) is 89.9 cm³/mol. The molecule has 0 aromatic heterocycles. The molecule has 23 heavy (non-hydrogen) atoms. The number of nitrogens with one attached hydrogen (secondary N) is 1. The monoisotopic (exact) mass is 321 g/mol. The molecule has 2 amide bonds. The van der Waals surface area contributed by atoms with E-state index in [1.165, 1.54) is 32.5 Å². The van der Waals surface area contributed by atoms with Crippen LogP contribution in [-0.4, -0.2) is 60.4 Å². The average Bonchev–Trinajstić information content (AvgIpc) is 2.98. The van der Waals surface area contributed by atoms with E-state index in [0.717, 1.165) is 51.1 Å². The second kappa shape index (κ2) is 7.65. The first kappa shape index (κ1) is 16.7. The Bertz CT molecular complexity index is 422. The van der Waals surface area contributed by atoms with Gasteiger partial charge in [0.15, 0.2) is 0 Å². The third-order valence-corrected chi connectivity index (χ3v) is 5.85. The normalized spacial score (nSPS) is 25.2. The van der Waals surface area contributed by atoms with Crippen LogP contribution in [0.3, 0.4) is 0 Å². The molecule has 0 spiro atoms. The van der Waals surface area contributed by atoms with Crippen LogP contribution in [0.2, 0.25) is 0 Å². The molecule has 2 heterocycles. The van der Waals surface area contributed by atoms with Crippen molar-refractivity contribution in [3.05, 3.63) is 0 Å². The fourth-order valence-electron chi connectivity index (χ4n) is 4.00. The van der Waals surface area contributed by atoms with Crippen LogP contribution in [0.4, 0.5) is 0 Å². The standard InChI is InChI=1S/C18H31N3O2/c1-14(19-17(22)16-5-4-6-16)18(23)21-11-7-15(8-12-21)13-20-9-2-3-10-20/h14-16H,2-13H2,1H3,(H,19,22). The van der Waals surface area contributed by atoms with Gasteiger partial charge < -0.3 is 15.1 Å². The summed E-state index contributed by atoms with van der Waals surface area (Å²) in [5.74, 6) is 1.05. The molecule has 1 atom stereocenters. The Kier molecular flexibility index (Phi) is 5.57. The Morgan fingerprint density at radius 2 is 1.65 bits per heavy atom. The van der Waals surface area contributed by atoms with Crippen LogP contribution in [0.1, 0.15) is 51.9 Å². The second-order valence-electron chi connectivity index (χ2n) is 7.63. The third-order valence-electron chi connectivity index (χ3n) is 5.85. The molecule has 1 aliphatic carbocycles. The Morgan fingerprint density at radius 3 is 2.22 bits per heavy atom. The molecule has 0 aromatic carbocycles. The summed E-state index contributed by atoms with van der Waals surface area (Å²) in [4.78, 5) is 29.0. The van der Waals surface area contributed by atoms with Crippen molar-refractivity contribution >= 4 is 11.8 Å². The molecule has 3 fully saturated rings. The minimum Gasteiger partial charge on any atom is -0.344 e. The van der Waals surface area contributed by atoms with Gasteiger partial charge in [0.2, 0.25) is 11.8 Å². The van der Waals surface area contributed by atoms with E-state index in [1.807, 2.05) is 11.8 Å².